The molecule has 2 fully saturated rings. The first kappa shape index (κ1) is 19.1. The maximum absolute atomic E-state index is 13.0. The summed E-state index contributed by atoms with van der Waals surface area (Å²) < 4.78 is 5.44. The highest BCUT2D eigenvalue weighted by atomic mass is 16.5. The van der Waals surface area contributed by atoms with Crippen LogP contribution in [-0.4, -0.2) is 66.6 Å². The van der Waals surface area contributed by atoms with Gasteiger partial charge in [0.15, 0.2) is 0 Å². The van der Waals surface area contributed by atoms with Gasteiger partial charge in [-0.25, -0.2) is 0 Å². The van der Waals surface area contributed by atoms with Gasteiger partial charge in [-0.3, -0.25) is 14.7 Å². The van der Waals surface area contributed by atoms with Crippen molar-refractivity contribution in [1.29, 1.82) is 0 Å². The van der Waals surface area contributed by atoms with Gasteiger partial charge >= 0.3 is 0 Å². The molecule has 1 atom stereocenters. The number of likely N-dealkylation sites (tertiary alicyclic amines) is 1. The predicted molar refractivity (Wildman–Crippen MR) is 110 cm³/mol. The van der Waals surface area contributed by atoms with E-state index in [1.807, 2.05) is 41.4 Å². The van der Waals surface area contributed by atoms with Crippen molar-refractivity contribution in [3.8, 4) is 11.3 Å². The summed E-state index contributed by atoms with van der Waals surface area (Å²) in [6, 6.07) is 11.9. The molecule has 2 aromatic rings. The van der Waals surface area contributed by atoms with E-state index in [-0.39, 0.29) is 5.91 Å². The Labute approximate surface area is 167 Å². The first-order valence-electron chi connectivity index (χ1n) is 10.3. The number of hydrogen-bond acceptors (Lipinski definition) is 4. The third-order valence-electron chi connectivity index (χ3n) is 5.84. The molecule has 2 aliphatic heterocycles. The number of benzene rings is 1. The highest BCUT2D eigenvalue weighted by Crippen LogP contribution is 2.23. The van der Waals surface area contributed by atoms with Crippen molar-refractivity contribution < 1.29 is 9.53 Å². The number of rotatable bonds is 4. The molecule has 5 heteroatoms. The Balaban J connectivity index is 1.40. The molecule has 1 amide bonds. The Morgan fingerprint density at radius 2 is 1.93 bits per heavy atom. The maximum Gasteiger partial charge on any atom is 0.253 e. The Hall–Kier alpha value is -2.24. The number of amides is 1. The van der Waals surface area contributed by atoms with Crippen LogP contribution >= 0.6 is 0 Å². The standard InChI is InChI=1S/C23H29N3O2/c1-18-4-2-10-24-22(18)20-6-8-21(9-7-20)23(27)26-11-3-5-19(17-26)16-25-12-14-28-15-13-25/h2,4,6-10,19H,3,5,11-17H2,1H3/t19-/m1/s1. The van der Waals surface area contributed by atoms with E-state index in [9.17, 15) is 4.79 Å². The largest absolute Gasteiger partial charge is 0.379 e. The molecule has 1 aromatic carbocycles. The van der Waals surface area contributed by atoms with Crippen molar-refractivity contribution in [3.63, 3.8) is 0 Å². The van der Waals surface area contributed by atoms with Gasteiger partial charge in [0.05, 0.1) is 18.9 Å². The van der Waals surface area contributed by atoms with Gasteiger partial charge in [-0.15, -0.1) is 0 Å². The number of carbonyl (C=O) groups excluding carboxylic acids is 1. The number of carbonyl (C=O) groups is 1. The second-order valence-electron chi connectivity index (χ2n) is 7.92. The van der Waals surface area contributed by atoms with Crippen LogP contribution in [0.2, 0.25) is 0 Å². The Bertz CT molecular complexity index is 800. The number of piperidine rings is 1. The Morgan fingerprint density at radius 1 is 1.14 bits per heavy atom. The van der Waals surface area contributed by atoms with Crippen LogP contribution in [0.1, 0.15) is 28.8 Å². The lowest BCUT2D eigenvalue weighted by atomic mass is 9.96. The quantitative estimate of drug-likeness (QED) is 0.818. The van der Waals surface area contributed by atoms with E-state index in [4.69, 9.17) is 4.74 Å². The molecule has 0 spiro atoms. The molecule has 0 N–H and O–H groups in total. The SMILES string of the molecule is Cc1cccnc1-c1ccc(C(=O)N2CCC[C@H](CN3CCOCC3)C2)cc1. The first-order valence-corrected chi connectivity index (χ1v) is 10.3. The van der Waals surface area contributed by atoms with Crippen LogP contribution in [0.3, 0.4) is 0 Å². The molecule has 0 aliphatic carbocycles. The fourth-order valence-corrected chi connectivity index (χ4v) is 4.29. The Morgan fingerprint density at radius 3 is 2.68 bits per heavy atom. The first-order chi connectivity index (χ1) is 13.7. The summed E-state index contributed by atoms with van der Waals surface area (Å²) in [5.41, 5.74) is 3.94. The van der Waals surface area contributed by atoms with Gasteiger partial charge in [0, 0.05) is 50.0 Å². The zero-order chi connectivity index (χ0) is 19.3. The highest BCUT2D eigenvalue weighted by molar-refractivity contribution is 5.94. The molecule has 5 nitrogen and oxygen atoms in total. The van der Waals surface area contributed by atoms with Gasteiger partial charge in [0.2, 0.25) is 0 Å². The number of pyridine rings is 1. The van der Waals surface area contributed by atoms with Gasteiger partial charge in [-0.2, -0.15) is 0 Å². The molecule has 28 heavy (non-hydrogen) atoms. The van der Waals surface area contributed by atoms with Crippen molar-refractivity contribution in [1.82, 2.24) is 14.8 Å². The number of aryl methyl sites for hydroxylation is 1. The molecular weight excluding hydrogens is 350 g/mol. The van der Waals surface area contributed by atoms with E-state index in [0.29, 0.717) is 5.92 Å². The summed E-state index contributed by atoms with van der Waals surface area (Å²) in [5.74, 6) is 0.710. The molecule has 148 valence electrons. The average Bonchev–Trinajstić information content (AvgIpc) is 2.75. The van der Waals surface area contributed by atoms with Crippen LogP contribution in [0.5, 0.6) is 0 Å². The lowest BCUT2D eigenvalue weighted by Crippen LogP contribution is -2.46. The van der Waals surface area contributed by atoms with Gasteiger partial charge < -0.3 is 9.64 Å². The third kappa shape index (κ3) is 4.42. The summed E-state index contributed by atoms with van der Waals surface area (Å²) >= 11 is 0. The van der Waals surface area contributed by atoms with E-state index in [0.717, 1.165) is 74.7 Å². The second kappa shape index (κ2) is 8.84. The van der Waals surface area contributed by atoms with Crippen LogP contribution in [0, 0.1) is 12.8 Å². The number of hydrogen-bond donors (Lipinski definition) is 0. The normalized spacial score (nSPS) is 20.9. The minimum absolute atomic E-state index is 0.149. The van der Waals surface area contributed by atoms with Crippen LogP contribution in [0.15, 0.2) is 42.6 Å². The average molecular weight is 380 g/mol. The van der Waals surface area contributed by atoms with Gasteiger partial charge in [-0.1, -0.05) is 18.2 Å². The molecule has 1 aromatic heterocycles. The second-order valence-corrected chi connectivity index (χ2v) is 7.92. The lowest BCUT2D eigenvalue weighted by molar-refractivity contribution is 0.0224. The summed E-state index contributed by atoms with van der Waals surface area (Å²) in [4.78, 5) is 22.0. The summed E-state index contributed by atoms with van der Waals surface area (Å²) in [5, 5.41) is 0. The number of nitrogens with zero attached hydrogens (tertiary/aromatic N) is 3. The molecule has 2 saturated heterocycles. The van der Waals surface area contributed by atoms with E-state index < -0.39 is 0 Å². The topological polar surface area (TPSA) is 45.7 Å². The van der Waals surface area contributed by atoms with E-state index >= 15 is 0 Å². The zero-order valence-corrected chi connectivity index (χ0v) is 16.6. The summed E-state index contributed by atoms with van der Waals surface area (Å²) in [6.07, 6.45) is 4.11. The predicted octanol–water partition coefficient (Wildman–Crippen LogP) is 3.24. The molecule has 0 radical (unpaired) electrons. The smallest absolute Gasteiger partial charge is 0.253 e. The molecule has 2 aliphatic rings. The summed E-state index contributed by atoms with van der Waals surface area (Å²) in [6.45, 7) is 8.54. The number of aromatic nitrogens is 1. The van der Waals surface area contributed by atoms with Crippen LogP contribution in [0.4, 0.5) is 0 Å². The fourth-order valence-electron chi connectivity index (χ4n) is 4.29. The lowest BCUT2D eigenvalue weighted by Gasteiger charge is -2.36. The minimum Gasteiger partial charge on any atom is -0.379 e. The van der Waals surface area contributed by atoms with Gasteiger partial charge in [-0.05, 0) is 49.4 Å². The molecule has 0 saturated carbocycles. The van der Waals surface area contributed by atoms with E-state index in [2.05, 4.69) is 22.9 Å². The minimum atomic E-state index is 0.149. The van der Waals surface area contributed by atoms with E-state index in [1.54, 1.807) is 0 Å². The van der Waals surface area contributed by atoms with Gasteiger partial charge in [0.25, 0.3) is 5.91 Å². The van der Waals surface area contributed by atoms with Crippen LogP contribution < -0.4 is 0 Å². The summed E-state index contributed by atoms with van der Waals surface area (Å²) in [7, 11) is 0. The van der Waals surface area contributed by atoms with Gasteiger partial charge in [0.1, 0.15) is 0 Å². The third-order valence-corrected chi connectivity index (χ3v) is 5.84. The van der Waals surface area contributed by atoms with Crippen molar-refractivity contribution in [2.75, 3.05) is 45.9 Å². The fraction of sp³-hybridized carbons (Fsp3) is 0.478. The molecular formula is C23H29N3O2. The monoisotopic (exact) mass is 379 g/mol. The molecule has 0 bridgehead atoms. The molecule has 4 rings (SSSR count). The highest BCUT2D eigenvalue weighted by Gasteiger charge is 2.26. The number of ether oxygens (including phenoxy) is 1. The van der Waals surface area contributed by atoms with Crippen LogP contribution in [0.25, 0.3) is 11.3 Å². The Kier molecular flexibility index (Phi) is 6.03. The van der Waals surface area contributed by atoms with Crippen molar-refractivity contribution in [3.05, 3.63) is 53.7 Å². The van der Waals surface area contributed by atoms with Crippen LogP contribution in [-0.2, 0) is 4.74 Å². The van der Waals surface area contributed by atoms with Crippen molar-refractivity contribution in [2.45, 2.75) is 19.8 Å². The van der Waals surface area contributed by atoms with Crippen molar-refractivity contribution in [2.24, 2.45) is 5.92 Å². The van der Waals surface area contributed by atoms with E-state index in [1.165, 1.54) is 6.42 Å². The van der Waals surface area contributed by atoms with Crippen molar-refractivity contribution >= 4 is 5.91 Å². The maximum atomic E-state index is 13.0. The molecule has 0 unspecified atom stereocenters. The number of morpholine rings is 1. The zero-order valence-electron chi connectivity index (χ0n) is 16.6. The molecule has 3 heterocycles.